The maximum absolute atomic E-state index is 5.87. The smallest absolute Gasteiger partial charge is 0.0579 e. The van der Waals surface area contributed by atoms with Gasteiger partial charge in [-0.25, -0.2) is 0 Å². The first kappa shape index (κ1) is 10.0. The van der Waals surface area contributed by atoms with Crippen LogP contribution < -0.4 is 5.73 Å². The zero-order chi connectivity index (χ0) is 8.97. The van der Waals surface area contributed by atoms with E-state index >= 15 is 0 Å². The van der Waals surface area contributed by atoms with Gasteiger partial charge in [0.05, 0.1) is 6.10 Å². The Labute approximate surface area is 75.5 Å². The van der Waals surface area contributed by atoms with Crippen molar-refractivity contribution in [3.8, 4) is 0 Å². The van der Waals surface area contributed by atoms with Crippen molar-refractivity contribution in [2.24, 2.45) is 11.7 Å². The summed E-state index contributed by atoms with van der Waals surface area (Å²) in [5, 5.41) is 0. The van der Waals surface area contributed by atoms with E-state index in [1.807, 2.05) is 0 Å². The first-order valence-corrected chi connectivity index (χ1v) is 5.11. The zero-order valence-corrected chi connectivity index (χ0v) is 8.25. The third kappa shape index (κ3) is 2.76. The van der Waals surface area contributed by atoms with E-state index in [9.17, 15) is 0 Å². The third-order valence-electron chi connectivity index (χ3n) is 2.86. The van der Waals surface area contributed by atoms with Crippen molar-refractivity contribution in [3.05, 3.63) is 0 Å². The Morgan fingerprint density at radius 1 is 1.58 bits per heavy atom. The predicted molar refractivity (Wildman–Crippen MR) is 51.0 cm³/mol. The number of hydrogen-bond acceptors (Lipinski definition) is 2. The van der Waals surface area contributed by atoms with Crippen LogP contribution in [0.15, 0.2) is 0 Å². The molecule has 1 saturated heterocycles. The quantitative estimate of drug-likeness (QED) is 0.701. The SMILES string of the molecule is CCC(CC1CCCO1)C(C)N. The lowest BCUT2D eigenvalue weighted by Crippen LogP contribution is -2.29. The highest BCUT2D eigenvalue weighted by molar-refractivity contribution is 4.74. The van der Waals surface area contributed by atoms with Crippen LogP contribution in [0.3, 0.4) is 0 Å². The average Bonchev–Trinajstić information content (AvgIpc) is 2.51. The van der Waals surface area contributed by atoms with E-state index in [0.717, 1.165) is 13.0 Å². The second-order valence-electron chi connectivity index (χ2n) is 3.90. The number of ether oxygens (including phenoxy) is 1. The van der Waals surface area contributed by atoms with Gasteiger partial charge in [0.25, 0.3) is 0 Å². The van der Waals surface area contributed by atoms with Gasteiger partial charge in [0.1, 0.15) is 0 Å². The van der Waals surface area contributed by atoms with E-state index in [1.165, 1.54) is 19.3 Å². The lowest BCUT2D eigenvalue weighted by molar-refractivity contribution is 0.0855. The minimum absolute atomic E-state index is 0.319. The number of hydrogen-bond donors (Lipinski definition) is 1. The summed E-state index contributed by atoms with van der Waals surface area (Å²) < 4.78 is 5.58. The summed E-state index contributed by atoms with van der Waals surface area (Å²) >= 11 is 0. The summed E-state index contributed by atoms with van der Waals surface area (Å²) in [4.78, 5) is 0. The highest BCUT2D eigenvalue weighted by Crippen LogP contribution is 2.22. The molecule has 2 N–H and O–H groups in total. The Bertz CT molecular complexity index is 119. The highest BCUT2D eigenvalue weighted by atomic mass is 16.5. The molecule has 0 aliphatic carbocycles. The van der Waals surface area contributed by atoms with Crippen LogP contribution in [0.4, 0.5) is 0 Å². The predicted octanol–water partition coefficient (Wildman–Crippen LogP) is 1.93. The molecule has 1 rings (SSSR count). The van der Waals surface area contributed by atoms with Gasteiger partial charge in [0, 0.05) is 12.6 Å². The van der Waals surface area contributed by atoms with Crippen molar-refractivity contribution in [3.63, 3.8) is 0 Å². The van der Waals surface area contributed by atoms with Crippen molar-refractivity contribution < 1.29 is 4.74 Å². The Kier molecular flexibility index (Phi) is 4.02. The van der Waals surface area contributed by atoms with Gasteiger partial charge < -0.3 is 10.5 Å². The van der Waals surface area contributed by atoms with E-state index < -0.39 is 0 Å². The molecule has 1 aliphatic rings. The maximum atomic E-state index is 5.87. The minimum atomic E-state index is 0.319. The molecule has 0 saturated carbocycles. The molecule has 0 aromatic rings. The van der Waals surface area contributed by atoms with Gasteiger partial charge in [-0.2, -0.15) is 0 Å². The van der Waals surface area contributed by atoms with Gasteiger partial charge in [-0.1, -0.05) is 13.3 Å². The van der Waals surface area contributed by atoms with Gasteiger partial charge in [0.15, 0.2) is 0 Å². The van der Waals surface area contributed by atoms with Crippen LogP contribution in [0.2, 0.25) is 0 Å². The van der Waals surface area contributed by atoms with E-state index in [2.05, 4.69) is 13.8 Å². The summed E-state index contributed by atoms with van der Waals surface area (Å²) in [6.07, 6.45) is 5.32. The molecule has 1 heterocycles. The monoisotopic (exact) mass is 171 g/mol. The average molecular weight is 171 g/mol. The summed E-state index contributed by atoms with van der Waals surface area (Å²) in [5.41, 5.74) is 5.87. The lowest BCUT2D eigenvalue weighted by atomic mass is 9.92. The van der Waals surface area contributed by atoms with Crippen molar-refractivity contribution in [2.45, 2.75) is 51.7 Å². The van der Waals surface area contributed by atoms with Gasteiger partial charge in [-0.05, 0) is 32.1 Å². The maximum Gasteiger partial charge on any atom is 0.0579 e. The molecule has 2 nitrogen and oxygen atoms in total. The van der Waals surface area contributed by atoms with Crippen LogP contribution in [0.25, 0.3) is 0 Å². The van der Waals surface area contributed by atoms with Crippen LogP contribution in [0.1, 0.15) is 39.5 Å². The summed E-state index contributed by atoms with van der Waals surface area (Å²) in [6.45, 7) is 5.27. The van der Waals surface area contributed by atoms with Crippen LogP contribution in [-0.4, -0.2) is 18.8 Å². The summed E-state index contributed by atoms with van der Waals surface area (Å²) in [6, 6.07) is 0.319. The van der Waals surface area contributed by atoms with Crippen molar-refractivity contribution >= 4 is 0 Å². The van der Waals surface area contributed by atoms with Crippen LogP contribution in [0.5, 0.6) is 0 Å². The fraction of sp³-hybridized carbons (Fsp3) is 1.00. The first-order chi connectivity index (χ1) is 5.74. The molecule has 12 heavy (non-hydrogen) atoms. The fourth-order valence-corrected chi connectivity index (χ4v) is 1.92. The second kappa shape index (κ2) is 4.83. The number of nitrogens with two attached hydrogens (primary N) is 1. The Morgan fingerprint density at radius 2 is 2.33 bits per heavy atom. The molecule has 0 amide bonds. The van der Waals surface area contributed by atoms with Gasteiger partial charge in [-0.15, -0.1) is 0 Å². The van der Waals surface area contributed by atoms with Crippen molar-refractivity contribution in [1.29, 1.82) is 0 Å². The van der Waals surface area contributed by atoms with Crippen LogP contribution in [-0.2, 0) is 4.74 Å². The molecule has 1 fully saturated rings. The molecular formula is C10H21NO. The van der Waals surface area contributed by atoms with Crippen LogP contribution in [0, 0.1) is 5.92 Å². The lowest BCUT2D eigenvalue weighted by Gasteiger charge is -2.21. The molecule has 0 aromatic heterocycles. The molecule has 0 spiro atoms. The molecular weight excluding hydrogens is 150 g/mol. The fourth-order valence-electron chi connectivity index (χ4n) is 1.92. The molecule has 0 bridgehead atoms. The van der Waals surface area contributed by atoms with Crippen molar-refractivity contribution in [2.75, 3.05) is 6.61 Å². The molecule has 0 radical (unpaired) electrons. The molecule has 3 unspecified atom stereocenters. The molecule has 0 aromatic carbocycles. The second-order valence-corrected chi connectivity index (χ2v) is 3.90. The van der Waals surface area contributed by atoms with E-state index in [1.54, 1.807) is 0 Å². The van der Waals surface area contributed by atoms with Gasteiger partial charge >= 0.3 is 0 Å². The number of rotatable bonds is 4. The molecule has 72 valence electrons. The highest BCUT2D eigenvalue weighted by Gasteiger charge is 2.21. The third-order valence-corrected chi connectivity index (χ3v) is 2.86. The minimum Gasteiger partial charge on any atom is -0.378 e. The van der Waals surface area contributed by atoms with E-state index in [-0.39, 0.29) is 0 Å². The largest absolute Gasteiger partial charge is 0.378 e. The normalized spacial score (nSPS) is 28.8. The van der Waals surface area contributed by atoms with E-state index in [4.69, 9.17) is 10.5 Å². The summed E-state index contributed by atoms with van der Waals surface area (Å²) in [7, 11) is 0. The Balaban J connectivity index is 2.26. The standard InChI is InChI=1S/C10H21NO/c1-3-9(8(2)11)7-10-5-4-6-12-10/h8-10H,3-7,11H2,1-2H3. The molecule has 1 aliphatic heterocycles. The topological polar surface area (TPSA) is 35.2 Å². The molecule has 3 atom stereocenters. The molecule has 2 heteroatoms. The Morgan fingerprint density at radius 3 is 2.75 bits per heavy atom. The van der Waals surface area contributed by atoms with Crippen molar-refractivity contribution in [1.82, 2.24) is 0 Å². The van der Waals surface area contributed by atoms with E-state index in [0.29, 0.717) is 18.1 Å². The van der Waals surface area contributed by atoms with Gasteiger partial charge in [-0.3, -0.25) is 0 Å². The zero-order valence-electron chi connectivity index (χ0n) is 8.25. The van der Waals surface area contributed by atoms with Crippen LogP contribution >= 0.6 is 0 Å². The van der Waals surface area contributed by atoms with Gasteiger partial charge in [0.2, 0.25) is 0 Å². The Hall–Kier alpha value is -0.0800. The summed E-state index contributed by atoms with van der Waals surface area (Å²) in [5.74, 6) is 0.646. The first-order valence-electron chi connectivity index (χ1n) is 5.11.